The van der Waals surface area contributed by atoms with Crippen LogP contribution in [-0.2, 0) is 6.42 Å². The molecule has 0 aliphatic carbocycles. The van der Waals surface area contributed by atoms with E-state index < -0.39 is 0 Å². The highest BCUT2D eigenvalue weighted by Gasteiger charge is 2.12. The SMILES string of the molecule is CC(C)(C)Cc1ccc(C(=O)c2ccc(Cl)cc2)cc1. The van der Waals surface area contributed by atoms with Crippen LogP contribution < -0.4 is 0 Å². The van der Waals surface area contributed by atoms with Crippen molar-refractivity contribution in [2.24, 2.45) is 5.41 Å². The lowest BCUT2D eigenvalue weighted by atomic mass is 9.87. The highest BCUT2D eigenvalue weighted by Crippen LogP contribution is 2.21. The van der Waals surface area contributed by atoms with Gasteiger partial charge in [-0.25, -0.2) is 0 Å². The number of hydrogen-bond acceptors (Lipinski definition) is 1. The van der Waals surface area contributed by atoms with E-state index in [1.807, 2.05) is 24.3 Å². The van der Waals surface area contributed by atoms with Gasteiger partial charge in [0.2, 0.25) is 0 Å². The van der Waals surface area contributed by atoms with Gasteiger partial charge in [-0.2, -0.15) is 0 Å². The first-order valence-corrected chi connectivity index (χ1v) is 7.12. The fourth-order valence-electron chi connectivity index (χ4n) is 2.15. The van der Waals surface area contributed by atoms with Gasteiger partial charge in [0.05, 0.1) is 0 Å². The van der Waals surface area contributed by atoms with E-state index in [-0.39, 0.29) is 11.2 Å². The van der Waals surface area contributed by atoms with Gasteiger partial charge in [-0.1, -0.05) is 56.6 Å². The number of benzene rings is 2. The van der Waals surface area contributed by atoms with Crippen LogP contribution in [0.5, 0.6) is 0 Å². The third-order valence-electron chi connectivity index (χ3n) is 3.06. The van der Waals surface area contributed by atoms with E-state index >= 15 is 0 Å². The molecule has 0 unspecified atom stereocenters. The van der Waals surface area contributed by atoms with E-state index in [0.29, 0.717) is 16.1 Å². The quantitative estimate of drug-likeness (QED) is 0.712. The molecule has 104 valence electrons. The summed E-state index contributed by atoms with van der Waals surface area (Å²) in [7, 11) is 0. The average molecular weight is 287 g/mol. The van der Waals surface area contributed by atoms with Crippen molar-refractivity contribution in [2.45, 2.75) is 27.2 Å². The molecule has 0 aliphatic heterocycles. The van der Waals surface area contributed by atoms with E-state index in [9.17, 15) is 4.79 Å². The Kier molecular flexibility index (Phi) is 4.29. The van der Waals surface area contributed by atoms with Crippen molar-refractivity contribution in [1.29, 1.82) is 0 Å². The largest absolute Gasteiger partial charge is 0.289 e. The fraction of sp³-hybridized carbons (Fsp3) is 0.278. The highest BCUT2D eigenvalue weighted by molar-refractivity contribution is 6.30. The second kappa shape index (κ2) is 5.80. The number of rotatable bonds is 3. The molecule has 0 atom stereocenters. The van der Waals surface area contributed by atoms with Crippen molar-refractivity contribution < 1.29 is 4.79 Å². The number of ketones is 1. The molecule has 1 nitrogen and oxygen atoms in total. The van der Waals surface area contributed by atoms with Gasteiger partial charge in [0.1, 0.15) is 0 Å². The first-order chi connectivity index (χ1) is 9.35. The van der Waals surface area contributed by atoms with Crippen molar-refractivity contribution in [3.8, 4) is 0 Å². The van der Waals surface area contributed by atoms with Crippen LogP contribution in [0.4, 0.5) is 0 Å². The molecule has 2 rings (SSSR count). The predicted molar refractivity (Wildman–Crippen MR) is 84.5 cm³/mol. The molecule has 0 amide bonds. The zero-order chi connectivity index (χ0) is 14.8. The molecule has 0 aliphatic rings. The van der Waals surface area contributed by atoms with E-state index in [1.165, 1.54) is 5.56 Å². The molecular weight excluding hydrogens is 268 g/mol. The maximum Gasteiger partial charge on any atom is 0.193 e. The van der Waals surface area contributed by atoms with E-state index in [1.54, 1.807) is 24.3 Å². The Morgan fingerprint density at radius 2 is 1.35 bits per heavy atom. The summed E-state index contributed by atoms with van der Waals surface area (Å²) >= 11 is 5.83. The molecule has 0 saturated carbocycles. The summed E-state index contributed by atoms with van der Waals surface area (Å²) < 4.78 is 0. The standard InChI is InChI=1S/C18H19ClO/c1-18(2,3)12-13-4-6-14(7-5-13)17(20)15-8-10-16(19)11-9-15/h4-11H,12H2,1-3H3. The van der Waals surface area contributed by atoms with Crippen molar-refractivity contribution in [3.05, 3.63) is 70.2 Å². The summed E-state index contributed by atoms with van der Waals surface area (Å²) in [4.78, 5) is 12.3. The van der Waals surface area contributed by atoms with Crippen LogP contribution >= 0.6 is 11.6 Å². The Bertz CT molecular complexity index is 589. The molecular formula is C18H19ClO. The van der Waals surface area contributed by atoms with Gasteiger partial charge in [-0.15, -0.1) is 0 Å². The van der Waals surface area contributed by atoms with E-state index in [4.69, 9.17) is 11.6 Å². The van der Waals surface area contributed by atoms with Gasteiger partial charge in [0.25, 0.3) is 0 Å². The Labute approximate surface area is 125 Å². The second-order valence-electron chi connectivity index (χ2n) is 6.27. The van der Waals surface area contributed by atoms with Gasteiger partial charge in [0.15, 0.2) is 5.78 Å². The number of hydrogen-bond donors (Lipinski definition) is 0. The minimum Gasteiger partial charge on any atom is -0.289 e. The number of carbonyl (C=O) groups is 1. The minimum atomic E-state index is 0.0315. The Balaban J connectivity index is 2.17. The smallest absolute Gasteiger partial charge is 0.193 e. The zero-order valence-electron chi connectivity index (χ0n) is 12.1. The van der Waals surface area contributed by atoms with Gasteiger partial charge in [-0.3, -0.25) is 4.79 Å². The van der Waals surface area contributed by atoms with Crippen LogP contribution in [0.1, 0.15) is 42.3 Å². The summed E-state index contributed by atoms with van der Waals surface area (Å²) in [6.45, 7) is 6.62. The normalized spacial score (nSPS) is 11.4. The van der Waals surface area contributed by atoms with Crippen LogP contribution in [0.25, 0.3) is 0 Å². The summed E-state index contributed by atoms with van der Waals surface area (Å²) in [5, 5.41) is 0.641. The molecule has 20 heavy (non-hydrogen) atoms. The van der Waals surface area contributed by atoms with Crippen LogP contribution in [0, 0.1) is 5.41 Å². The minimum absolute atomic E-state index is 0.0315. The fourth-order valence-corrected chi connectivity index (χ4v) is 2.28. The maximum atomic E-state index is 12.3. The van der Waals surface area contributed by atoms with Gasteiger partial charge < -0.3 is 0 Å². The van der Waals surface area contributed by atoms with Crippen molar-refractivity contribution in [2.75, 3.05) is 0 Å². The lowest BCUT2D eigenvalue weighted by Gasteiger charge is -2.18. The molecule has 0 spiro atoms. The summed E-state index contributed by atoms with van der Waals surface area (Å²) in [5.41, 5.74) is 2.88. The monoisotopic (exact) mass is 286 g/mol. The molecule has 0 saturated heterocycles. The molecule has 0 radical (unpaired) electrons. The van der Waals surface area contributed by atoms with E-state index in [0.717, 1.165) is 6.42 Å². The summed E-state index contributed by atoms with van der Waals surface area (Å²) in [6.07, 6.45) is 1.00. The third-order valence-corrected chi connectivity index (χ3v) is 3.31. The lowest BCUT2D eigenvalue weighted by Crippen LogP contribution is -2.09. The average Bonchev–Trinajstić information content (AvgIpc) is 2.38. The number of halogens is 1. The topological polar surface area (TPSA) is 17.1 Å². The molecule has 0 N–H and O–H groups in total. The van der Waals surface area contributed by atoms with Gasteiger partial charge >= 0.3 is 0 Å². The summed E-state index contributed by atoms with van der Waals surface area (Å²) in [5.74, 6) is 0.0315. The first-order valence-electron chi connectivity index (χ1n) is 6.74. The maximum absolute atomic E-state index is 12.3. The van der Waals surface area contributed by atoms with Crippen molar-refractivity contribution in [1.82, 2.24) is 0 Å². The second-order valence-corrected chi connectivity index (χ2v) is 6.71. The van der Waals surface area contributed by atoms with Crippen molar-refractivity contribution >= 4 is 17.4 Å². The molecule has 0 aromatic heterocycles. The molecule has 2 aromatic carbocycles. The zero-order valence-corrected chi connectivity index (χ0v) is 12.9. The molecule has 0 heterocycles. The van der Waals surface area contributed by atoms with Crippen LogP contribution in [-0.4, -0.2) is 5.78 Å². The van der Waals surface area contributed by atoms with Gasteiger partial charge in [-0.05, 0) is 41.7 Å². The Morgan fingerprint density at radius 1 is 0.900 bits per heavy atom. The van der Waals surface area contributed by atoms with Crippen molar-refractivity contribution in [3.63, 3.8) is 0 Å². The Morgan fingerprint density at radius 3 is 1.80 bits per heavy atom. The van der Waals surface area contributed by atoms with E-state index in [2.05, 4.69) is 20.8 Å². The van der Waals surface area contributed by atoms with Gasteiger partial charge in [0, 0.05) is 16.1 Å². The van der Waals surface area contributed by atoms with Crippen LogP contribution in [0.3, 0.4) is 0 Å². The third kappa shape index (κ3) is 3.94. The molecule has 0 fully saturated rings. The molecule has 2 heteroatoms. The van der Waals surface area contributed by atoms with Crippen LogP contribution in [0.15, 0.2) is 48.5 Å². The number of carbonyl (C=O) groups excluding carboxylic acids is 1. The highest BCUT2D eigenvalue weighted by atomic mass is 35.5. The molecule has 2 aromatic rings. The lowest BCUT2D eigenvalue weighted by molar-refractivity contribution is 0.103. The first kappa shape index (κ1) is 14.8. The molecule has 0 bridgehead atoms. The predicted octanol–water partition coefficient (Wildman–Crippen LogP) is 5.16. The van der Waals surface area contributed by atoms with Crippen LogP contribution in [0.2, 0.25) is 5.02 Å². The Hall–Kier alpha value is -1.60. The summed E-state index contributed by atoms with van der Waals surface area (Å²) in [6, 6.07) is 14.9.